The summed E-state index contributed by atoms with van der Waals surface area (Å²) < 4.78 is 35.6. The first-order valence-electron chi connectivity index (χ1n) is 8.11. The summed E-state index contributed by atoms with van der Waals surface area (Å²) >= 11 is 1.36. The first-order valence-corrected chi connectivity index (χ1v) is 10.8. The third-order valence-corrected chi connectivity index (χ3v) is 5.55. The summed E-state index contributed by atoms with van der Waals surface area (Å²) in [5.41, 5.74) is 0.928. The molecule has 7 nitrogen and oxygen atoms in total. The number of hydrogen-bond acceptors (Lipinski definition) is 6. The highest BCUT2D eigenvalue weighted by Gasteiger charge is 2.13. The average molecular weight is 396 g/mol. The van der Waals surface area contributed by atoms with Crippen molar-refractivity contribution in [2.75, 3.05) is 26.0 Å². The maximum absolute atomic E-state index is 12.3. The standard InChI is InChI=1S/C17H20N2O5S2/c1-26(21,22)19-7-6-13-3-5-16(25-13)17(20)18-11-12-2-4-14-15(10-12)24-9-8-23-14/h2-5,10,19H,6-9,11H2,1H3,(H,18,20). The molecule has 2 N–H and O–H groups in total. The SMILES string of the molecule is CS(=O)(=O)NCCc1ccc(C(=O)NCc2ccc3c(c2)OCCO3)s1. The highest BCUT2D eigenvalue weighted by molar-refractivity contribution is 7.88. The summed E-state index contributed by atoms with van der Waals surface area (Å²) in [6.07, 6.45) is 1.67. The summed E-state index contributed by atoms with van der Waals surface area (Å²) in [5.74, 6) is 1.25. The number of benzene rings is 1. The van der Waals surface area contributed by atoms with Crippen LogP contribution in [0.3, 0.4) is 0 Å². The summed E-state index contributed by atoms with van der Waals surface area (Å²) in [4.78, 5) is 13.8. The Morgan fingerprint density at radius 1 is 1.15 bits per heavy atom. The molecular formula is C17H20N2O5S2. The number of fused-ring (bicyclic) bond motifs is 1. The number of rotatable bonds is 7. The lowest BCUT2D eigenvalue weighted by molar-refractivity contribution is 0.0955. The van der Waals surface area contributed by atoms with Gasteiger partial charge in [0.25, 0.3) is 5.91 Å². The third-order valence-electron chi connectivity index (χ3n) is 3.68. The third kappa shape index (κ3) is 5.20. The van der Waals surface area contributed by atoms with E-state index in [0.717, 1.165) is 22.4 Å². The zero-order valence-electron chi connectivity index (χ0n) is 14.3. The van der Waals surface area contributed by atoms with Crippen molar-refractivity contribution >= 4 is 27.3 Å². The topological polar surface area (TPSA) is 93.7 Å². The van der Waals surface area contributed by atoms with Gasteiger partial charge in [0.15, 0.2) is 11.5 Å². The molecule has 0 radical (unpaired) electrons. The van der Waals surface area contributed by atoms with Crippen LogP contribution in [0.1, 0.15) is 20.1 Å². The van der Waals surface area contributed by atoms with Gasteiger partial charge in [0.05, 0.1) is 11.1 Å². The van der Waals surface area contributed by atoms with Gasteiger partial charge in [0.2, 0.25) is 10.0 Å². The minimum Gasteiger partial charge on any atom is -0.486 e. The fraction of sp³-hybridized carbons (Fsp3) is 0.353. The van der Waals surface area contributed by atoms with Crippen LogP contribution in [0.2, 0.25) is 0 Å². The van der Waals surface area contributed by atoms with Gasteiger partial charge < -0.3 is 14.8 Å². The molecule has 1 amide bonds. The molecule has 1 aliphatic heterocycles. The molecule has 0 spiro atoms. The van der Waals surface area contributed by atoms with Crippen molar-refractivity contribution in [2.45, 2.75) is 13.0 Å². The van der Waals surface area contributed by atoms with Crippen LogP contribution >= 0.6 is 11.3 Å². The van der Waals surface area contributed by atoms with Crippen molar-refractivity contribution in [1.82, 2.24) is 10.0 Å². The van der Waals surface area contributed by atoms with Crippen molar-refractivity contribution in [2.24, 2.45) is 0 Å². The van der Waals surface area contributed by atoms with E-state index in [0.29, 0.717) is 43.4 Å². The Morgan fingerprint density at radius 2 is 1.92 bits per heavy atom. The minimum absolute atomic E-state index is 0.160. The lowest BCUT2D eigenvalue weighted by Crippen LogP contribution is -2.24. The summed E-state index contributed by atoms with van der Waals surface area (Å²) in [6.45, 7) is 1.77. The lowest BCUT2D eigenvalue weighted by Gasteiger charge is -2.18. The Balaban J connectivity index is 1.52. The summed E-state index contributed by atoms with van der Waals surface area (Å²) in [5, 5.41) is 2.88. The van der Waals surface area contributed by atoms with Crippen LogP contribution in [0.25, 0.3) is 0 Å². The molecule has 2 heterocycles. The molecule has 26 heavy (non-hydrogen) atoms. The van der Waals surface area contributed by atoms with E-state index >= 15 is 0 Å². The van der Waals surface area contributed by atoms with Gasteiger partial charge in [0.1, 0.15) is 13.2 Å². The number of carbonyl (C=O) groups excluding carboxylic acids is 1. The van der Waals surface area contributed by atoms with E-state index in [4.69, 9.17) is 9.47 Å². The predicted octanol–water partition coefficient (Wildman–Crippen LogP) is 1.54. The van der Waals surface area contributed by atoms with Crippen molar-refractivity contribution < 1.29 is 22.7 Å². The zero-order valence-corrected chi connectivity index (χ0v) is 15.9. The van der Waals surface area contributed by atoms with Gasteiger partial charge >= 0.3 is 0 Å². The van der Waals surface area contributed by atoms with Crippen LogP contribution in [0.5, 0.6) is 11.5 Å². The zero-order chi connectivity index (χ0) is 18.6. The molecular weight excluding hydrogens is 376 g/mol. The Bertz CT molecular complexity index is 892. The summed E-state index contributed by atoms with van der Waals surface area (Å²) in [7, 11) is -3.19. The highest BCUT2D eigenvalue weighted by Crippen LogP contribution is 2.30. The molecule has 1 aromatic heterocycles. The van der Waals surface area contributed by atoms with Crippen LogP contribution in [0, 0.1) is 0 Å². The van der Waals surface area contributed by atoms with Gasteiger partial charge in [-0.15, -0.1) is 11.3 Å². The van der Waals surface area contributed by atoms with E-state index < -0.39 is 10.0 Å². The lowest BCUT2D eigenvalue weighted by atomic mass is 10.2. The van der Waals surface area contributed by atoms with E-state index in [9.17, 15) is 13.2 Å². The minimum atomic E-state index is -3.19. The molecule has 9 heteroatoms. The molecule has 0 bridgehead atoms. The molecule has 0 fully saturated rings. The first-order chi connectivity index (χ1) is 12.4. The molecule has 140 valence electrons. The van der Waals surface area contributed by atoms with Gasteiger partial charge in [-0.2, -0.15) is 0 Å². The van der Waals surface area contributed by atoms with Gasteiger partial charge in [-0.25, -0.2) is 13.1 Å². The number of sulfonamides is 1. The van der Waals surface area contributed by atoms with Gasteiger partial charge in [-0.1, -0.05) is 6.07 Å². The maximum atomic E-state index is 12.3. The van der Waals surface area contributed by atoms with Crippen molar-refractivity contribution in [3.8, 4) is 11.5 Å². The second kappa shape index (κ2) is 8.07. The Morgan fingerprint density at radius 3 is 2.69 bits per heavy atom. The Labute approximate surface area is 156 Å². The maximum Gasteiger partial charge on any atom is 0.261 e. The number of thiophene rings is 1. The van der Waals surface area contributed by atoms with E-state index in [1.165, 1.54) is 11.3 Å². The van der Waals surface area contributed by atoms with E-state index in [2.05, 4.69) is 10.0 Å². The van der Waals surface area contributed by atoms with Crippen molar-refractivity contribution in [1.29, 1.82) is 0 Å². The van der Waals surface area contributed by atoms with Crippen LogP contribution in [0.15, 0.2) is 30.3 Å². The van der Waals surface area contributed by atoms with Crippen LogP contribution in [-0.2, 0) is 23.0 Å². The van der Waals surface area contributed by atoms with E-state index in [1.54, 1.807) is 6.07 Å². The number of carbonyl (C=O) groups is 1. The van der Waals surface area contributed by atoms with E-state index in [-0.39, 0.29) is 5.91 Å². The Hall–Kier alpha value is -2.10. The Kier molecular flexibility index (Phi) is 5.80. The second-order valence-corrected chi connectivity index (χ2v) is 8.84. The highest BCUT2D eigenvalue weighted by atomic mass is 32.2. The molecule has 0 atom stereocenters. The molecule has 0 saturated heterocycles. The van der Waals surface area contributed by atoms with Gasteiger partial charge in [-0.3, -0.25) is 4.79 Å². The van der Waals surface area contributed by atoms with E-state index in [1.807, 2.05) is 24.3 Å². The average Bonchev–Trinajstić information content (AvgIpc) is 3.07. The first kappa shape index (κ1) is 18.7. The second-order valence-electron chi connectivity index (χ2n) is 5.84. The van der Waals surface area contributed by atoms with Crippen LogP contribution < -0.4 is 19.5 Å². The monoisotopic (exact) mass is 396 g/mol. The number of amides is 1. The molecule has 2 aromatic rings. The predicted molar refractivity (Wildman–Crippen MR) is 99.5 cm³/mol. The summed E-state index contributed by atoms with van der Waals surface area (Å²) in [6, 6.07) is 9.19. The van der Waals surface area contributed by atoms with Gasteiger partial charge in [-0.05, 0) is 36.2 Å². The molecule has 0 unspecified atom stereocenters. The normalized spacial score (nSPS) is 13.4. The molecule has 1 aromatic carbocycles. The number of hydrogen-bond donors (Lipinski definition) is 2. The van der Waals surface area contributed by atoms with Crippen molar-refractivity contribution in [3.05, 3.63) is 45.6 Å². The van der Waals surface area contributed by atoms with Crippen molar-refractivity contribution in [3.63, 3.8) is 0 Å². The molecule has 0 aliphatic carbocycles. The molecule has 3 rings (SSSR count). The fourth-order valence-electron chi connectivity index (χ4n) is 2.46. The smallest absolute Gasteiger partial charge is 0.261 e. The van der Waals surface area contributed by atoms with Gasteiger partial charge in [0, 0.05) is 18.0 Å². The van der Waals surface area contributed by atoms with Crippen LogP contribution in [-0.4, -0.2) is 40.3 Å². The quantitative estimate of drug-likeness (QED) is 0.741. The number of ether oxygens (including phenoxy) is 2. The largest absolute Gasteiger partial charge is 0.486 e. The number of nitrogens with one attached hydrogen (secondary N) is 2. The fourth-order valence-corrected chi connectivity index (χ4v) is 3.86. The van der Waals surface area contributed by atoms with Crippen LogP contribution in [0.4, 0.5) is 0 Å². The molecule has 1 aliphatic rings. The molecule has 0 saturated carbocycles.